The van der Waals surface area contributed by atoms with Gasteiger partial charge in [0.25, 0.3) is 5.91 Å². The molecule has 6 nitrogen and oxygen atoms in total. The lowest BCUT2D eigenvalue weighted by atomic mass is 10.1. The van der Waals surface area contributed by atoms with Crippen molar-refractivity contribution in [1.29, 1.82) is 0 Å². The highest BCUT2D eigenvalue weighted by Crippen LogP contribution is 2.28. The normalized spacial score (nSPS) is 21.9. The van der Waals surface area contributed by atoms with Crippen molar-refractivity contribution in [3.05, 3.63) is 4.88 Å². The van der Waals surface area contributed by atoms with Crippen molar-refractivity contribution >= 4 is 28.2 Å². The van der Waals surface area contributed by atoms with E-state index < -0.39 is 0 Å². The molecule has 1 aliphatic rings. The number of nitrogens with two attached hydrogens (primary N) is 1. The highest BCUT2D eigenvalue weighted by Gasteiger charge is 2.28. The number of amides is 1. The van der Waals surface area contributed by atoms with Gasteiger partial charge in [-0.3, -0.25) is 4.79 Å². The van der Waals surface area contributed by atoms with Crippen LogP contribution in [0.5, 0.6) is 0 Å². The van der Waals surface area contributed by atoms with Crippen molar-refractivity contribution in [2.75, 3.05) is 30.3 Å². The molecule has 0 bridgehead atoms. The Kier molecular flexibility index (Phi) is 4.82. The predicted octanol–water partition coefficient (Wildman–Crippen LogP) is 1.48. The summed E-state index contributed by atoms with van der Waals surface area (Å²) < 4.78 is 5.44. The Balaban J connectivity index is 2.10. The quantitative estimate of drug-likeness (QED) is 0.860. The first kappa shape index (κ1) is 15.1. The van der Waals surface area contributed by atoms with Gasteiger partial charge in [-0.1, -0.05) is 11.3 Å². The second kappa shape index (κ2) is 6.41. The number of carbonyl (C=O) groups excluding carboxylic acids is 1. The summed E-state index contributed by atoms with van der Waals surface area (Å²) in [6.07, 6.45) is 0.893. The standard InChI is InChI=1S/C13H22N4O2S/c1-4-17(5-2)13-16-11(14)10(20-13)12(18)15-9-6-7-19-8(9)3/h8-9H,4-7,14H2,1-3H3,(H,15,18). The van der Waals surface area contributed by atoms with Crippen LogP contribution in [0.2, 0.25) is 0 Å². The molecule has 1 aromatic heterocycles. The number of rotatable bonds is 5. The molecule has 2 heterocycles. The van der Waals surface area contributed by atoms with Crippen molar-refractivity contribution in [1.82, 2.24) is 10.3 Å². The van der Waals surface area contributed by atoms with E-state index >= 15 is 0 Å². The molecule has 0 aliphatic carbocycles. The minimum absolute atomic E-state index is 0.0512. The summed E-state index contributed by atoms with van der Waals surface area (Å²) in [5.74, 6) is 0.154. The summed E-state index contributed by atoms with van der Waals surface area (Å²) in [6, 6.07) is 0.0564. The van der Waals surface area contributed by atoms with E-state index in [1.54, 1.807) is 0 Å². The Morgan fingerprint density at radius 1 is 1.55 bits per heavy atom. The molecule has 0 radical (unpaired) electrons. The van der Waals surface area contributed by atoms with Crippen molar-refractivity contribution < 1.29 is 9.53 Å². The first-order valence-electron chi connectivity index (χ1n) is 7.00. The Morgan fingerprint density at radius 3 is 2.80 bits per heavy atom. The summed E-state index contributed by atoms with van der Waals surface area (Å²) in [4.78, 5) is 19.2. The van der Waals surface area contributed by atoms with Crippen LogP contribution in [0.25, 0.3) is 0 Å². The number of hydrogen-bond donors (Lipinski definition) is 2. The predicted molar refractivity (Wildman–Crippen MR) is 81.4 cm³/mol. The van der Waals surface area contributed by atoms with Gasteiger partial charge in [-0.05, 0) is 27.2 Å². The summed E-state index contributed by atoms with van der Waals surface area (Å²) in [6.45, 7) is 8.46. The Morgan fingerprint density at radius 2 is 2.25 bits per heavy atom. The second-order valence-corrected chi connectivity index (χ2v) is 5.81. The third kappa shape index (κ3) is 3.04. The maximum Gasteiger partial charge on any atom is 0.265 e. The molecule has 2 atom stereocenters. The smallest absolute Gasteiger partial charge is 0.265 e. The Hall–Kier alpha value is -1.34. The van der Waals surface area contributed by atoms with Crippen LogP contribution >= 0.6 is 11.3 Å². The molecule has 2 rings (SSSR count). The molecule has 7 heteroatoms. The van der Waals surface area contributed by atoms with Crippen LogP contribution in [0.1, 0.15) is 36.9 Å². The molecule has 0 aromatic carbocycles. The fourth-order valence-corrected chi connectivity index (χ4v) is 3.28. The van der Waals surface area contributed by atoms with Gasteiger partial charge in [0, 0.05) is 19.7 Å². The Bertz CT molecular complexity index is 473. The minimum Gasteiger partial charge on any atom is -0.382 e. The number of ether oxygens (including phenoxy) is 1. The van der Waals surface area contributed by atoms with E-state index in [1.165, 1.54) is 11.3 Å². The zero-order valence-corrected chi connectivity index (χ0v) is 13.0. The molecule has 20 heavy (non-hydrogen) atoms. The Labute approximate surface area is 123 Å². The van der Waals surface area contributed by atoms with Gasteiger partial charge >= 0.3 is 0 Å². The van der Waals surface area contributed by atoms with Crippen molar-refractivity contribution in [3.63, 3.8) is 0 Å². The molecular weight excluding hydrogens is 276 g/mol. The zero-order valence-electron chi connectivity index (χ0n) is 12.2. The van der Waals surface area contributed by atoms with E-state index in [1.807, 2.05) is 6.92 Å². The zero-order chi connectivity index (χ0) is 14.7. The van der Waals surface area contributed by atoms with Gasteiger partial charge < -0.3 is 20.7 Å². The van der Waals surface area contributed by atoms with Crippen LogP contribution in [0.4, 0.5) is 10.9 Å². The number of carbonyl (C=O) groups is 1. The van der Waals surface area contributed by atoms with Crippen LogP contribution in [0.15, 0.2) is 0 Å². The van der Waals surface area contributed by atoms with E-state index in [2.05, 4.69) is 29.0 Å². The first-order chi connectivity index (χ1) is 9.56. The number of aromatic nitrogens is 1. The number of nitrogen functional groups attached to an aromatic ring is 1. The highest BCUT2D eigenvalue weighted by molar-refractivity contribution is 7.18. The van der Waals surface area contributed by atoms with Crippen LogP contribution in [-0.2, 0) is 4.74 Å². The monoisotopic (exact) mass is 298 g/mol. The lowest BCUT2D eigenvalue weighted by molar-refractivity contribution is 0.0870. The van der Waals surface area contributed by atoms with Gasteiger partial charge in [0.15, 0.2) is 5.13 Å². The van der Waals surface area contributed by atoms with Crippen LogP contribution < -0.4 is 16.0 Å². The average molecular weight is 298 g/mol. The summed E-state index contributed by atoms with van der Waals surface area (Å²) in [5, 5.41) is 3.78. The minimum atomic E-state index is -0.152. The number of nitrogens with one attached hydrogen (secondary N) is 1. The average Bonchev–Trinajstić information content (AvgIpc) is 2.98. The third-order valence-corrected chi connectivity index (χ3v) is 4.71. The fourth-order valence-electron chi connectivity index (χ4n) is 2.27. The van der Waals surface area contributed by atoms with Gasteiger partial charge in [-0.2, -0.15) is 0 Å². The second-order valence-electron chi connectivity index (χ2n) is 4.83. The lowest BCUT2D eigenvalue weighted by Crippen LogP contribution is -2.39. The molecule has 1 fully saturated rings. The molecule has 2 unspecified atom stereocenters. The molecule has 1 amide bonds. The van der Waals surface area contributed by atoms with E-state index in [9.17, 15) is 4.79 Å². The topological polar surface area (TPSA) is 80.5 Å². The fraction of sp³-hybridized carbons (Fsp3) is 0.692. The van der Waals surface area contributed by atoms with Crippen LogP contribution in [-0.4, -0.2) is 42.7 Å². The van der Waals surface area contributed by atoms with Gasteiger partial charge in [-0.25, -0.2) is 4.98 Å². The summed E-state index contributed by atoms with van der Waals surface area (Å²) in [5.41, 5.74) is 5.88. The van der Waals surface area contributed by atoms with Crippen LogP contribution in [0.3, 0.4) is 0 Å². The number of thiazole rings is 1. The SMILES string of the molecule is CCN(CC)c1nc(N)c(C(=O)NC2CCOC2C)s1. The maximum absolute atomic E-state index is 12.3. The van der Waals surface area contributed by atoms with Crippen LogP contribution in [0, 0.1) is 0 Å². The van der Waals surface area contributed by atoms with Gasteiger partial charge in [-0.15, -0.1) is 0 Å². The highest BCUT2D eigenvalue weighted by atomic mass is 32.1. The van der Waals surface area contributed by atoms with Crippen molar-refractivity contribution in [2.45, 2.75) is 39.3 Å². The first-order valence-corrected chi connectivity index (χ1v) is 7.82. The third-order valence-electron chi connectivity index (χ3n) is 3.57. The van der Waals surface area contributed by atoms with Crippen molar-refractivity contribution in [3.8, 4) is 0 Å². The van der Waals surface area contributed by atoms with Gasteiger partial charge in [0.1, 0.15) is 10.7 Å². The number of hydrogen-bond acceptors (Lipinski definition) is 6. The van der Waals surface area contributed by atoms with E-state index in [0.717, 1.165) is 24.6 Å². The van der Waals surface area contributed by atoms with E-state index in [4.69, 9.17) is 10.5 Å². The molecule has 0 spiro atoms. The maximum atomic E-state index is 12.3. The molecule has 1 saturated heterocycles. The molecule has 1 aromatic rings. The molecule has 3 N–H and O–H groups in total. The molecule has 112 valence electrons. The van der Waals surface area contributed by atoms with Gasteiger partial charge in [0.2, 0.25) is 0 Å². The largest absolute Gasteiger partial charge is 0.382 e. The lowest BCUT2D eigenvalue weighted by Gasteiger charge is -2.16. The number of nitrogens with zero attached hydrogens (tertiary/aromatic N) is 2. The summed E-state index contributed by atoms with van der Waals surface area (Å²) in [7, 11) is 0. The van der Waals surface area contributed by atoms with Gasteiger partial charge in [0.05, 0.1) is 12.1 Å². The number of anilines is 2. The molecular formula is C13H22N4O2S. The summed E-state index contributed by atoms with van der Waals surface area (Å²) >= 11 is 1.35. The molecule has 1 aliphatic heterocycles. The van der Waals surface area contributed by atoms with E-state index in [-0.39, 0.29) is 18.1 Å². The molecule has 0 saturated carbocycles. The van der Waals surface area contributed by atoms with E-state index in [0.29, 0.717) is 17.3 Å². The van der Waals surface area contributed by atoms with Crippen molar-refractivity contribution in [2.24, 2.45) is 0 Å².